The van der Waals surface area contributed by atoms with Gasteiger partial charge >= 0.3 is 5.97 Å². The summed E-state index contributed by atoms with van der Waals surface area (Å²) in [7, 11) is 0. The summed E-state index contributed by atoms with van der Waals surface area (Å²) < 4.78 is 10.4. The van der Waals surface area contributed by atoms with E-state index in [0.717, 1.165) is 11.9 Å². The highest BCUT2D eigenvalue weighted by Gasteiger charge is 2.52. The normalized spacial score (nSPS) is 16.0. The molecule has 1 saturated carbocycles. The Bertz CT molecular complexity index is 788. The van der Waals surface area contributed by atoms with Gasteiger partial charge in [-0.05, 0) is 44.1 Å². The Morgan fingerprint density at radius 3 is 2.86 bits per heavy atom. The van der Waals surface area contributed by atoms with E-state index in [0.29, 0.717) is 24.1 Å². The van der Waals surface area contributed by atoms with E-state index in [4.69, 9.17) is 21.4 Å². The minimum Gasteiger partial charge on any atom is -0.465 e. The number of benzene rings is 1. The van der Waals surface area contributed by atoms with Gasteiger partial charge in [0.2, 0.25) is 5.91 Å². The van der Waals surface area contributed by atoms with Gasteiger partial charge in [-0.3, -0.25) is 9.59 Å². The van der Waals surface area contributed by atoms with Crippen molar-refractivity contribution in [2.75, 3.05) is 11.9 Å². The lowest BCUT2D eigenvalue weighted by molar-refractivity contribution is -0.165. The van der Waals surface area contributed by atoms with Gasteiger partial charge in [-0.1, -0.05) is 6.42 Å². The molecular weight excluding hydrogens is 304 g/mol. The van der Waals surface area contributed by atoms with Crippen LogP contribution in [0.15, 0.2) is 22.6 Å². The number of H-pyrrole nitrogens is 1. The van der Waals surface area contributed by atoms with Crippen molar-refractivity contribution < 1.29 is 18.7 Å². The summed E-state index contributed by atoms with van der Waals surface area (Å²) in [6, 6.07) is 5.18. The van der Waals surface area contributed by atoms with Crippen LogP contribution >= 0.6 is 12.2 Å². The molecule has 1 fully saturated rings. The second kappa shape index (κ2) is 5.57. The molecule has 2 aromatic rings. The summed E-state index contributed by atoms with van der Waals surface area (Å²) in [5.41, 5.74) is 0.822. The maximum absolute atomic E-state index is 12.5. The largest absolute Gasteiger partial charge is 0.465 e. The van der Waals surface area contributed by atoms with Crippen molar-refractivity contribution in [1.29, 1.82) is 0 Å². The zero-order chi connectivity index (χ0) is 15.7. The Kier molecular flexibility index (Phi) is 3.74. The second-order valence-electron chi connectivity index (χ2n) is 5.34. The van der Waals surface area contributed by atoms with Crippen LogP contribution in [-0.4, -0.2) is 23.5 Å². The Morgan fingerprint density at radius 1 is 1.45 bits per heavy atom. The summed E-state index contributed by atoms with van der Waals surface area (Å²) in [5.74, 6) is -0.773. The summed E-state index contributed by atoms with van der Waals surface area (Å²) in [6.07, 6.45) is 1.88. The summed E-state index contributed by atoms with van der Waals surface area (Å²) in [4.78, 5) is 27.7. The van der Waals surface area contributed by atoms with Crippen molar-refractivity contribution in [2.24, 2.45) is 5.41 Å². The van der Waals surface area contributed by atoms with Gasteiger partial charge in [0.05, 0.1) is 12.1 Å². The lowest BCUT2D eigenvalue weighted by Crippen LogP contribution is -2.49. The van der Waals surface area contributed by atoms with Crippen LogP contribution in [0.1, 0.15) is 26.2 Å². The van der Waals surface area contributed by atoms with E-state index in [2.05, 4.69) is 10.3 Å². The predicted molar refractivity (Wildman–Crippen MR) is 82.9 cm³/mol. The van der Waals surface area contributed by atoms with Crippen molar-refractivity contribution in [3.63, 3.8) is 0 Å². The molecule has 0 saturated heterocycles. The molecule has 1 amide bonds. The highest BCUT2D eigenvalue weighted by molar-refractivity contribution is 7.71. The number of esters is 1. The van der Waals surface area contributed by atoms with E-state index in [9.17, 15) is 9.59 Å². The van der Waals surface area contributed by atoms with E-state index in [-0.39, 0.29) is 17.4 Å². The van der Waals surface area contributed by atoms with Gasteiger partial charge in [-0.2, -0.15) is 0 Å². The third kappa shape index (κ3) is 2.41. The molecule has 3 rings (SSSR count). The Hall–Kier alpha value is -2.15. The first-order valence-corrected chi connectivity index (χ1v) is 7.57. The molecule has 22 heavy (non-hydrogen) atoms. The lowest BCUT2D eigenvalue weighted by atomic mass is 9.68. The number of anilines is 1. The van der Waals surface area contributed by atoms with Crippen LogP contribution in [-0.2, 0) is 14.3 Å². The number of amides is 1. The zero-order valence-corrected chi connectivity index (χ0v) is 12.9. The smallest absolute Gasteiger partial charge is 0.321 e. The van der Waals surface area contributed by atoms with Crippen molar-refractivity contribution in [2.45, 2.75) is 26.2 Å². The van der Waals surface area contributed by atoms with Crippen LogP contribution in [0.3, 0.4) is 0 Å². The van der Waals surface area contributed by atoms with Crippen molar-refractivity contribution in [3.05, 3.63) is 23.0 Å². The summed E-state index contributed by atoms with van der Waals surface area (Å²) in [6.45, 7) is 2.00. The number of carbonyl (C=O) groups is 2. The van der Waals surface area contributed by atoms with Crippen LogP contribution in [0.25, 0.3) is 11.1 Å². The molecule has 7 heteroatoms. The van der Waals surface area contributed by atoms with Gasteiger partial charge in [0.15, 0.2) is 5.58 Å². The summed E-state index contributed by atoms with van der Waals surface area (Å²) in [5, 5.41) is 2.78. The zero-order valence-electron chi connectivity index (χ0n) is 12.1. The van der Waals surface area contributed by atoms with Gasteiger partial charge < -0.3 is 19.5 Å². The molecule has 1 aliphatic carbocycles. The fraction of sp³-hybridized carbons (Fsp3) is 0.400. The van der Waals surface area contributed by atoms with E-state index < -0.39 is 11.4 Å². The number of aromatic nitrogens is 1. The van der Waals surface area contributed by atoms with Crippen molar-refractivity contribution in [1.82, 2.24) is 4.98 Å². The van der Waals surface area contributed by atoms with Crippen molar-refractivity contribution >= 4 is 40.9 Å². The molecule has 2 N–H and O–H groups in total. The minimum absolute atomic E-state index is 0.268. The number of carbonyl (C=O) groups excluding carboxylic acids is 2. The molecule has 1 aromatic carbocycles. The van der Waals surface area contributed by atoms with Gasteiger partial charge in [0.1, 0.15) is 5.41 Å². The monoisotopic (exact) mass is 320 g/mol. The Labute approximate surface area is 131 Å². The van der Waals surface area contributed by atoms with Gasteiger partial charge in [-0.25, -0.2) is 0 Å². The average molecular weight is 320 g/mol. The number of oxazole rings is 1. The summed E-state index contributed by atoms with van der Waals surface area (Å²) >= 11 is 4.92. The Morgan fingerprint density at radius 2 is 2.23 bits per heavy atom. The van der Waals surface area contributed by atoms with Gasteiger partial charge in [-0.15, -0.1) is 0 Å². The van der Waals surface area contributed by atoms with Crippen LogP contribution in [0.5, 0.6) is 0 Å². The van der Waals surface area contributed by atoms with Crippen LogP contribution in [0.4, 0.5) is 5.69 Å². The molecule has 0 unspecified atom stereocenters. The minimum atomic E-state index is -1.05. The fourth-order valence-electron chi connectivity index (χ4n) is 2.60. The maximum atomic E-state index is 12.5. The number of fused-ring (bicyclic) bond motifs is 1. The second-order valence-corrected chi connectivity index (χ2v) is 5.71. The molecule has 1 aliphatic rings. The SMILES string of the molecule is CCOC(=O)C1(C(=O)Nc2ccc3[nH]c(=S)oc3c2)CCC1. The molecule has 6 nitrogen and oxygen atoms in total. The van der Waals surface area contributed by atoms with Crippen LogP contribution in [0, 0.1) is 10.3 Å². The highest BCUT2D eigenvalue weighted by Crippen LogP contribution is 2.43. The molecule has 0 atom stereocenters. The van der Waals surface area contributed by atoms with Crippen LogP contribution in [0.2, 0.25) is 0 Å². The third-order valence-corrected chi connectivity index (χ3v) is 4.17. The molecule has 0 aliphatic heterocycles. The molecule has 1 heterocycles. The Balaban J connectivity index is 1.82. The first-order valence-electron chi connectivity index (χ1n) is 7.17. The van der Waals surface area contributed by atoms with Crippen LogP contribution < -0.4 is 5.32 Å². The van der Waals surface area contributed by atoms with Gasteiger partial charge in [0.25, 0.3) is 4.84 Å². The first kappa shape index (κ1) is 14.8. The number of ether oxygens (including phenoxy) is 1. The molecule has 116 valence electrons. The van der Waals surface area contributed by atoms with E-state index in [1.165, 1.54) is 0 Å². The van der Waals surface area contributed by atoms with Gasteiger partial charge in [0, 0.05) is 11.8 Å². The standard InChI is InChI=1S/C15H16N2O4S/c1-2-20-13(19)15(6-3-7-15)12(18)16-9-4-5-10-11(8-9)21-14(22)17-10/h4-5,8H,2-3,6-7H2,1H3,(H,16,18)(H,17,22). The molecule has 1 aromatic heterocycles. The number of nitrogens with one attached hydrogen (secondary N) is 2. The molecule has 0 spiro atoms. The number of aromatic amines is 1. The molecule has 0 bridgehead atoms. The molecule has 0 radical (unpaired) electrons. The topological polar surface area (TPSA) is 84.3 Å². The third-order valence-electron chi connectivity index (χ3n) is 3.99. The van der Waals surface area contributed by atoms with E-state index >= 15 is 0 Å². The highest BCUT2D eigenvalue weighted by atomic mass is 32.1. The number of rotatable bonds is 4. The lowest BCUT2D eigenvalue weighted by Gasteiger charge is -2.37. The fourth-order valence-corrected chi connectivity index (χ4v) is 2.80. The predicted octanol–water partition coefficient (Wildman–Crippen LogP) is 3.16. The quantitative estimate of drug-likeness (QED) is 0.513. The number of hydrogen-bond donors (Lipinski definition) is 2. The van der Waals surface area contributed by atoms with E-state index in [1.807, 2.05) is 0 Å². The van der Waals surface area contributed by atoms with Crippen molar-refractivity contribution in [3.8, 4) is 0 Å². The first-order chi connectivity index (χ1) is 10.5. The number of hydrogen-bond acceptors (Lipinski definition) is 5. The van der Waals surface area contributed by atoms with E-state index in [1.54, 1.807) is 25.1 Å². The average Bonchev–Trinajstić information content (AvgIpc) is 2.77. The molecular formula is C15H16N2O4S. The maximum Gasteiger partial charge on any atom is 0.321 e.